The summed E-state index contributed by atoms with van der Waals surface area (Å²) in [5, 5.41) is 0. The Hall–Kier alpha value is -0.110. The van der Waals surface area contributed by atoms with E-state index < -0.39 is 10.0 Å². The SMILES string of the molecule is CC1CCN(S(=O)(=O)c2c(Br)cc(N)cc2Br)C(C)C1. The van der Waals surface area contributed by atoms with Crippen LogP contribution in [0.25, 0.3) is 0 Å². The predicted molar refractivity (Wildman–Crippen MR) is 88.0 cm³/mol. The fourth-order valence-electron chi connectivity index (χ4n) is 2.69. The van der Waals surface area contributed by atoms with Gasteiger partial charge in [0, 0.05) is 27.2 Å². The first-order chi connectivity index (χ1) is 9.23. The largest absolute Gasteiger partial charge is 0.399 e. The normalized spacial score (nSPS) is 24.8. The van der Waals surface area contributed by atoms with Crippen molar-refractivity contribution in [3.05, 3.63) is 21.1 Å². The molecular weight excluding hydrogens is 408 g/mol. The minimum Gasteiger partial charge on any atom is -0.399 e. The number of nitrogens with zero attached hydrogens (tertiary/aromatic N) is 1. The quantitative estimate of drug-likeness (QED) is 0.736. The molecular formula is C13H18Br2N2O2S. The number of rotatable bonds is 2. The molecule has 1 aromatic rings. The molecule has 1 aliphatic heterocycles. The van der Waals surface area contributed by atoms with Gasteiger partial charge in [0.25, 0.3) is 0 Å². The molecule has 0 aromatic heterocycles. The highest BCUT2D eigenvalue weighted by molar-refractivity contribution is 9.11. The highest BCUT2D eigenvalue weighted by Gasteiger charge is 2.35. The molecule has 1 fully saturated rings. The highest BCUT2D eigenvalue weighted by atomic mass is 79.9. The molecule has 0 amide bonds. The van der Waals surface area contributed by atoms with Gasteiger partial charge in [-0.25, -0.2) is 8.42 Å². The molecule has 20 heavy (non-hydrogen) atoms. The van der Waals surface area contributed by atoms with Crippen LogP contribution in [0, 0.1) is 5.92 Å². The molecule has 7 heteroatoms. The number of anilines is 1. The van der Waals surface area contributed by atoms with Crippen LogP contribution in [0.1, 0.15) is 26.7 Å². The number of halogens is 2. The van der Waals surface area contributed by atoms with Crippen LogP contribution in [-0.4, -0.2) is 25.3 Å². The van der Waals surface area contributed by atoms with Crippen molar-refractivity contribution in [1.82, 2.24) is 4.31 Å². The second kappa shape index (κ2) is 5.94. The van der Waals surface area contributed by atoms with Gasteiger partial charge in [-0.1, -0.05) is 6.92 Å². The lowest BCUT2D eigenvalue weighted by atomic mass is 9.95. The Balaban J connectivity index is 2.46. The molecule has 1 saturated heterocycles. The molecule has 0 radical (unpaired) electrons. The maximum atomic E-state index is 12.9. The lowest BCUT2D eigenvalue weighted by molar-refractivity contribution is 0.220. The van der Waals surface area contributed by atoms with E-state index in [1.807, 2.05) is 6.92 Å². The van der Waals surface area contributed by atoms with Crippen molar-refractivity contribution in [3.8, 4) is 0 Å². The van der Waals surface area contributed by atoms with Crippen molar-refractivity contribution in [1.29, 1.82) is 0 Å². The molecule has 1 aliphatic rings. The Morgan fingerprint density at radius 1 is 1.25 bits per heavy atom. The number of benzene rings is 1. The maximum absolute atomic E-state index is 12.9. The molecule has 2 atom stereocenters. The van der Waals surface area contributed by atoms with Gasteiger partial charge in [0.15, 0.2) is 0 Å². The number of nitrogens with two attached hydrogens (primary N) is 1. The van der Waals surface area contributed by atoms with Crippen molar-refractivity contribution in [3.63, 3.8) is 0 Å². The fourth-order valence-corrected chi connectivity index (χ4v) is 6.89. The number of piperidine rings is 1. The lowest BCUT2D eigenvalue weighted by Gasteiger charge is -2.35. The van der Waals surface area contributed by atoms with Gasteiger partial charge in [-0.15, -0.1) is 0 Å². The first-order valence-electron chi connectivity index (χ1n) is 6.50. The zero-order valence-corrected chi connectivity index (χ0v) is 15.4. The van der Waals surface area contributed by atoms with Gasteiger partial charge in [-0.05, 0) is 69.7 Å². The monoisotopic (exact) mass is 424 g/mol. The van der Waals surface area contributed by atoms with Gasteiger partial charge in [-0.2, -0.15) is 4.31 Å². The first-order valence-corrected chi connectivity index (χ1v) is 9.52. The summed E-state index contributed by atoms with van der Waals surface area (Å²) in [6, 6.07) is 3.25. The topological polar surface area (TPSA) is 63.4 Å². The first kappa shape index (κ1) is 16.3. The molecule has 0 bridgehead atoms. The summed E-state index contributed by atoms with van der Waals surface area (Å²) in [6.07, 6.45) is 1.79. The highest BCUT2D eigenvalue weighted by Crippen LogP contribution is 2.37. The average molecular weight is 426 g/mol. The van der Waals surface area contributed by atoms with Crippen molar-refractivity contribution in [2.24, 2.45) is 5.92 Å². The zero-order valence-electron chi connectivity index (χ0n) is 11.4. The Morgan fingerprint density at radius 2 is 1.80 bits per heavy atom. The van der Waals surface area contributed by atoms with Crippen LogP contribution in [0.5, 0.6) is 0 Å². The van der Waals surface area contributed by atoms with Crippen LogP contribution >= 0.6 is 31.9 Å². The van der Waals surface area contributed by atoms with E-state index in [1.54, 1.807) is 16.4 Å². The summed E-state index contributed by atoms with van der Waals surface area (Å²) >= 11 is 6.63. The van der Waals surface area contributed by atoms with Crippen molar-refractivity contribution < 1.29 is 8.42 Å². The summed E-state index contributed by atoms with van der Waals surface area (Å²) in [4.78, 5) is 0.258. The Kier molecular flexibility index (Phi) is 4.83. The summed E-state index contributed by atoms with van der Waals surface area (Å²) in [6.45, 7) is 4.69. The second-order valence-corrected chi connectivity index (χ2v) is 8.94. The van der Waals surface area contributed by atoms with Gasteiger partial charge >= 0.3 is 0 Å². The molecule has 112 valence electrons. The molecule has 2 rings (SSSR count). The molecule has 4 nitrogen and oxygen atoms in total. The van der Waals surface area contributed by atoms with Gasteiger partial charge in [0.2, 0.25) is 10.0 Å². The lowest BCUT2D eigenvalue weighted by Crippen LogP contribution is -2.44. The van der Waals surface area contributed by atoms with Gasteiger partial charge in [0.1, 0.15) is 4.90 Å². The van der Waals surface area contributed by atoms with Gasteiger partial charge in [-0.3, -0.25) is 0 Å². The van der Waals surface area contributed by atoms with E-state index in [0.717, 1.165) is 12.8 Å². The van der Waals surface area contributed by atoms with Crippen LogP contribution < -0.4 is 5.73 Å². The third-order valence-corrected chi connectivity index (χ3v) is 7.56. The molecule has 1 heterocycles. The van der Waals surface area contributed by atoms with Crippen LogP contribution in [-0.2, 0) is 10.0 Å². The Morgan fingerprint density at radius 3 is 2.30 bits per heavy atom. The summed E-state index contributed by atoms with van der Waals surface area (Å²) in [7, 11) is -3.53. The van der Waals surface area contributed by atoms with Crippen LogP contribution in [0.15, 0.2) is 26.0 Å². The fraction of sp³-hybridized carbons (Fsp3) is 0.538. The van der Waals surface area contributed by atoms with Crippen LogP contribution in [0.4, 0.5) is 5.69 Å². The number of sulfonamides is 1. The van der Waals surface area contributed by atoms with Crippen molar-refractivity contribution >= 4 is 47.6 Å². The van der Waals surface area contributed by atoms with Gasteiger partial charge < -0.3 is 5.73 Å². The minimum atomic E-state index is -3.53. The molecule has 0 spiro atoms. The van der Waals surface area contributed by atoms with E-state index >= 15 is 0 Å². The van der Waals surface area contributed by atoms with E-state index in [9.17, 15) is 8.42 Å². The number of hydrogen-bond donors (Lipinski definition) is 1. The standard InChI is InChI=1S/C13H18Br2N2O2S/c1-8-3-4-17(9(2)5-8)20(18,19)13-11(14)6-10(16)7-12(13)15/h6-9H,3-5,16H2,1-2H3. The van der Waals surface area contributed by atoms with E-state index in [4.69, 9.17) is 5.73 Å². The third kappa shape index (κ3) is 3.05. The predicted octanol–water partition coefficient (Wildman–Crippen LogP) is 3.60. The second-order valence-electron chi connectivity index (χ2n) is 5.41. The number of hydrogen-bond acceptors (Lipinski definition) is 3. The van der Waals surface area contributed by atoms with E-state index in [2.05, 4.69) is 38.8 Å². The molecule has 2 unspecified atom stereocenters. The van der Waals surface area contributed by atoms with Crippen LogP contribution in [0.2, 0.25) is 0 Å². The maximum Gasteiger partial charge on any atom is 0.245 e. The van der Waals surface area contributed by atoms with Crippen LogP contribution in [0.3, 0.4) is 0 Å². The average Bonchev–Trinajstić information content (AvgIpc) is 2.25. The minimum absolute atomic E-state index is 0.0140. The zero-order chi connectivity index (χ0) is 15.1. The number of nitrogen functional groups attached to an aromatic ring is 1. The van der Waals surface area contributed by atoms with Crippen molar-refractivity contribution in [2.45, 2.75) is 37.6 Å². The molecule has 2 N–H and O–H groups in total. The molecule has 1 aromatic carbocycles. The Bertz CT molecular complexity index is 596. The molecule has 0 aliphatic carbocycles. The summed E-state index contributed by atoms with van der Waals surface area (Å²) in [5.41, 5.74) is 6.24. The van der Waals surface area contributed by atoms with Gasteiger partial charge in [0.05, 0.1) is 0 Å². The summed E-state index contributed by atoms with van der Waals surface area (Å²) < 4.78 is 28.3. The van der Waals surface area contributed by atoms with E-state index in [0.29, 0.717) is 27.1 Å². The van der Waals surface area contributed by atoms with E-state index in [1.165, 1.54) is 0 Å². The van der Waals surface area contributed by atoms with E-state index in [-0.39, 0.29) is 10.9 Å². The smallest absolute Gasteiger partial charge is 0.245 e. The Labute approximate surface area is 137 Å². The third-order valence-electron chi connectivity index (χ3n) is 3.66. The van der Waals surface area contributed by atoms with Crippen molar-refractivity contribution in [2.75, 3.05) is 12.3 Å². The summed E-state index contributed by atoms with van der Waals surface area (Å²) in [5.74, 6) is 0.565. The molecule has 0 saturated carbocycles.